The Bertz CT molecular complexity index is 1770. The van der Waals surface area contributed by atoms with Crippen molar-refractivity contribution in [2.24, 2.45) is 5.92 Å². The molecule has 1 N–H and O–H groups in total. The van der Waals surface area contributed by atoms with Crippen LogP contribution < -0.4 is 14.4 Å². The van der Waals surface area contributed by atoms with Crippen molar-refractivity contribution in [3.05, 3.63) is 125 Å². The first-order valence-electron chi connectivity index (χ1n) is 15.8. The maximum absolute atomic E-state index is 14.7. The number of benzene rings is 4. The maximum atomic E-state index is 14.7. The molecular weight excluding hydrogens is 611 g/mol. The van der Waals surface area contributed by atoms with Gasteiger partial charge >= 0.3 is 0 Å². The SMILES string of the molecule is COc1ccc(C)cc1N(CC(=O)N(Cc1cccc(C)c1)[C@H](Cc1ccccc1)C(=O)NCC(C)C)S(=O)(=O)c1ccc(C)cc1. The molecule has 9 heteroatoms. The molecule has 0 aliphatic carbocycles. The average molecular weight is 656 g/mol. The number of hydrogen-bond donors (Lipinski definition) is 1. The van der Waals surface area contributed by atoms with E-state index in [9.17, 15) is 18.0 Å². The van der Waals surface area contributed by atoms with Crippen molar-refractivity contribution < 1.29 is 22.7 Å². The molecule has 0 radical (unpaired) electrons. The van der Waals surface area contributed by atoms with Crippen LogP contribution in [0.4, 0.5) is 5.69 Å². The van der Waals surface area contributed by atoms with Crippen molar-refractivity contribution in [3.63, 3.8) is 0 Å². The Hall–Kier alpha value is -4.63. The van der Waals surface area contributed by atoms with Gasteiger partial charge in [0.15, 0.2) is 0 Å². The predicted molar refractivity (Wildman–Crippen MR) is 187 cm³/mol. The Balaban J connectivity index is 1.85. The number of carbonyl (C=O) groups excluding carboxylic acids is 2. The molecule has 0 heterocycles. The molecule has 0 unspecified atom stereocenters. The highest BCUT2D eigenvalue weighted by Gasteiger charge is 2.35. The molecule has 4 rings (SSSR count). The molecule has 0 spiro atoms. The summed E-state index contributed by atoms with van der Waals surface area (Å²) in [6.07, 6.45) is 0.251. The molecular formula is C38H45N3O5S. The summed E-state index contributed by atoms with van der Waals surface area (Å²) in [5.74, 6) is -0.322. The zero-order valence-electron chi connectivity index (χ0n) is 28.1. The minimum Gasteiger partial charge on any atom is -0.495 e. The van der Waals surface area contributed by atoms with Gasteiger partial charge in [-0.25, -0.2) is 8.42 Å². The molecule has 0 aliphatic rings. The van der Waals surface area contributed by atoms with Crippen LogP contribution in [-0.4, -0.2) is 51.4 Å². The second-order valence-electron chi connectivity index (χ2n) is 12.4. The van der Waals surface area contributed by atoms with Gasteiger partial charge in [0.05, 0.1) is 17.7 Å². The van der Waals surface area contributed by atoms with Gasteiger partial charge in [0.25, 0.3) is 10.0 Å². The number of aryl methyl sites for hydroxylation is 3. The van der Waals surface area contributed by atoms with Crippen LogP contribution in [0.3, 0.4) is 0 Å². The van der Waals surface area contributed by atoms with Gasteiger partial charge in [-0.05, 0) is 67.6 Å². The Morgan fingerprint density at radius 1 is 0.787 bits per heavy atom. The Morgan fingerprint density at radius 2 is 1.43 bits per heavy atom. The fourth-order valence-corrected chi connectivity index (χ4v) is 6.75. The van der Waals surface area contributed by atoms with Crippen LogP contribution >= 0.6 is 0 Å². The summed E-state index contributed by atoms with van der Waals surface area (Å²) in [4.78, 5) is 30.2. The number of nitrogens with zero attached hydrogens (tertiary/aromatic N) is 2. The average Bonchev–Trinajstić information content (AvgIpc) is 3.04. The number of methoxy groups -OCH3 is 1. The van der Waals surface area contributed by atoms with Gasteiger partial charge in [-0.2, -0.15) is 0 Å². The molecule has 0 bridgehead atoms. The third kappa shape index (κ3) is 9.23. The number of rotatable bonds is 14. The van der Waals surface area contributed by atoms with Gasteiger partial charge in [-0.15, -0.1) is 0 Å². The van der Waals surface area contributed by atoms with E-state index in [1.807, 2.05) is 95.3 Å². The lowest BCUT2D eigenvalue weighted by Crippen LogP contribution is -2.53. The van der Waals surface area contributed by atoms with E-state index in [2.05, 4.69) is 5.32 Å². The molecule has 1 atom stereocenters. The molecule has 4 aromatic rings. The first-order chi connectivity index (χ1) is 22.4. The third-order valence-corrected chi connectivity index (χ3v) is 9.66. The highest BCUT2D eigenvalue weighted by atomic mass is 32.2. The van der Waals surface area contributed by atoms with Crippen molar-refractivity contribution in [3.8, 4) is 5.75 Å². The summed E-state index contributed by atoms with van der Waals surface area (Å²) in [7, 11) is -2.79. The molecule has 0 saturated heterocycles. The van der Waals surface area contributed by atoms with E-state index in [4.69, 9.17) is 4.74 Å². The zero-order chi connectivity index (χ0) is 34.1. The fourth-order valence-electron chi connectivity index (χ4n) is 5.33. The number of sulfonamides is 1. The molecule has 248 valence electrons. The summed E-state index contributed by atoms with van der Waals surface area (Å²) in [5.41, 5.74) is 4.65. The van der Waals surface area contributed by atoms with E-state index < -0.39 is 28.5 Å². The maximum Gasteiger partial charge on any atom is 0.264 e. The summed E-state index contributed by atoms with van der Waals surface area (Å²) in [6, 6.07) is 28.1. The predicted octanol–water partition coefficient (Wildman–Crippen LogP) is 6.23. The second kappa shape index (κ2) is 15.8. The van der Waals surface area contributed by atoms with Crippen LogP contribution in [0.15, 0.2) is 102 Å². The van der Waals surface area contributed by atoms with Crippen LogP contribution in [0, 0.1) is 26.7 Å². The molecule has 0 saturated carbocycles. The number of ether oxygens (including phenoxy) is 1. The van der Waals surface area contributed by atoms with Gasteiger partial charge in [0.1, 0.15) is 18.3 Å². The Kier molecular flexibility index (Phi) is 11.8. The van der Waals surface area contributed by atoms with Crippen LogP contribution in [0.2, 0.25) is 0 Å². The normalized spacial score (nSPS) is 12.0. The highest BCUT2D eigenvalue weighted by Crippen LogP contribution is 2.34. The fraction of sp³-hybridized carbons (Fsp3) is 0.316. The van der Waals surface area contributed by atoms with Crippen LogP contribution in [0.25, 0.3) is 0 Å². The molecule has 0 fully saturated rings. The van der Waals surface area contributed by atoms with E-state index in [1.165, 1.54) is 24.1 Å². The molecule has 0 aliphatic heterocycles. The minimum absolute atomic E-state index is 0.0419. The first-order valence-corrected chi connectivity index (χ1v) is 17.2. The number of amides is 2. The smallest absolute Gasteiger partial charge is 0.264 e. The second-order valence-corrected chi connectivity index (χ2v) is 14.2. The molecule has 47 heavy (non-hydrogen) atoms. The lowest BCUT2D eigenvalue weighted by atomic mass is 10.0. The van der Waals surface area contributed by atoms with Crippen LogP contribution in [-0.2, 0) is 32.6 Å². The number of nitrogens with one attached hydrogen (secondary N) is 1. The molecule has 0 aromatic heterocycles. The zero-order valence-corrected chi connectivity index (χ0v) is 28.9. The van der Waals surface area contributed by atoms with Crippen molar-refractivity contribution in [1.82, 2.24) is 10.2 Å². The number of carbonyl (C=O) groups is 2. The van der Waals surface area contributed by atoms with Crippen molar-refractivity contribution in [2.75, 3.05) is 24.5 Å². The molecule has 2 amide bonds. The standard InChI is InChI=1S/C38H45N3O5S/c1-27(2)24-39-38(43)35(23-31-12-8-7-9-13-31)40(25-32-14-10-11-29(4)21-32)37(42)26-41(34-22-30(5)17-20-36(34)46-6)47(44,45)33-18-15-28(3)16-19-33/h7-22,27,35H,23-26H2,1-6H3,(H,39,43)/t35-/m1/s1. The van der Waals surface area contributed by atoms with Crippen molar-refractivity contribution in [2.45, 2.75) is 58.5 Å². The van der Waals surface area contributed by atoms with E-state index in [0.717, 1.165) is 32.1 Å². The first kappa shape index (κ1) is 35.2. The van der Waals surface area contributed by atoms with Gasteiger partial charge in [-0.1, -0.05) is 97.8 Å². The topological polar surface area (TPSA) is 96.0 Å². The van der Waals surface area contributed by atoms with Crippen molar-refractivity contribution in [1.29, 1.82) is 0 Å². The quantitative estimate of drug-likeness (QED) is 0.174. The van der Waals surface area contributed by atoms with Crippen LogP contribution in [0.5, 0.6) is 5.75 Å². The van der Waals surface area contributed by atoms with Gasteiger partial charge in [0, 0.05) is 19.5 Å². The van der Waals surface area contributed by atoms with Crippen LogP contribution in [0.1, 0.15) is 41.7 Å². The summed E-state index contributed by atoms with van der Waals surface area (Å²) in [6.45, 7) is 9.69. The number of anilines is 1. The summed E-state index contributed by atoms with van der Waals surface area (Å²) >= 11 is 0. The minimum atomic E-state index is -4.25. The van der Waals surface area contributed by atoms with Gasteiger partial charge in [0.2, 0.25) is 11.8 Å². The molecule has 8 nitrogen and oxygen atoms in total. The summed E-state index contributed by atoms with van der Waals surface area (Å²) < 4.78 is 35.5. The lowest BCUT2D eigenvalue weighted by molar-refractivity contribution is -0.140. The lowest BCUT2D eigenvalue weighted by Gasteiger charge is -2.34. The Labute approximate surface area is 279 Å². The summed E-state index contributed by atoms with van der Waals surface area (Å²) in [5, 5.41) is 3.02. The largest absolute Gasteiger partial charge is 0.495 e. The molecule has 4 aromatic carbocycles. The van der Waals surface area contributed by atoms with E-state index in [0.29, 0.717) is 12.3 Å². The van der Waals surface area contributed by atoms with Gasteiger partial charge in [-0.3, -0.25) is 13.9 Å². The highest BCUT2D eigenvalue weighted by molar-refractivity contribution is 7.92. The van der Waals surface area contributed by atoms with Crippen molar-refractivity contribution >= 4 is 27.5 Å². The van der Waals surface area contributed by atoms with E-state index in [-0.39, 0.29) is 35.4 Å². The third-order valence-electron chi connectivity index (χ3n) is 7.88. The van der Waals surface area contributed by atoms with Gasteiger partial charge < -0.3 is 15.0 Å². The Morgan fingerprint density at radius 3 is 2.06 bits per heavy atom. The monoisotopic (exact) mass is 655 g/mol. The van der Waals surface area contributed by atoms with E-state index >= 15 is 0 Å². The van der Waals surface area contributed by atoms with E-state index in [1.54, 1.807) is 24.3 Å². The number of hydrogen-bond acceptors (Lipinski definition) is 5.